The first-order valence-electron chi connectivity index (χ1n) is 12.4. The van der Waals surface area contributed by atoms with E-state index >= 15 is 0 Å². The van der Waals surface area contributed by atoms with E-state index < -0.39 is 0 Å². The van der Waals surface area contributed by atoms with E-state index in [4.69, 9.17) is 14.2 Å². The molecule has 6 heteroatoms. The van der Waals surface area contributed by atoms with Gasteiger partial charge in [-0.05, 0) is 62.1 Å². The number of benzene rings is 3. The van der Waals surface area contributed by atoms with E-state index in [9.17, 15) is 9.59 Å². The molecular formula is C30H33NO5. The number of cyclic esters (lactones) is 1. The summed E-state index contributed by atoms with van der Waals surface area (Å²) in [5.41, 5.74) is 5.74. The van der Waals surface area contributed by atoms with Crippen molar-refractivity contribution in [1.29, 1.82) is 0 Å². The first-order valence-corrected chi connectivity index (χ1v) is 12.4. The van der Waals surface area contributed by atoms with Crippen LogP contribution in [0.3, 0.4) is 0 Å². The van der Waals surface area contributed by atoms with Gasteiger partial charge >= 0.3 is 12.1 Å². The summed E-state index contributed by atoms with van der Waals surface area (Å²) in [4.78, 5) is 26.8. The van der Waals surface area contributed by atoms with E-state index in [1.807, 2.05) is 75.4 Å². The third-order valence-corrected chi connectivity index (χ3v) is 6.41. The molecule has 0 N–H and O–H groups in total. The topological polar surface area (TPSA) is 65.1 Å². The van der Waals surface area contributed by atoms with Gasteiger partial charge in [0.1, 0.15) is 11.9 Å². The average Bonchev–Trinajstić information content (AvgIpc) is 3.14. The molecule has 1 heterocycles. The highest BCUT2D eigenvalue weighted by molar-refractivity contribution is 5.78. The maximum Gasteiger partial charge on any atom is 0.411 e. The van der Waals surface area contributed by atoms with Gasteiger partial charge in [0.2, 0.25) is 0 Å². The molecule has 0 unspecified atom stereocenters. The Morgan fingerprint density at radius 1 is 0.972 bits per heavy atom. The van der Waals surface area contributed by atoms with Gasteiger partial charge < -0.3 is 14.2 Å². The van der Waals surface area contributed by atoms with E-state index in [0.717, 1.165) is 39.1 Å². The van der Waals surface area contributed by atoms with Gasteiger partial charge in [-0.1, -0.05) is 60.2 Å². The molecule has 3 aromatic rings. The minimum Gasteiger partial charge on any atom is -0.493 e. The largest absolute Gasteiger partial charge is 0.493 e. The monoisotopic (exact) mass is 487 g/mol. The average molecular weight is 488 g/mol. The van der Waals surface area contributed by atoms with Crippen LogP contribution >= 0.6 is 0 Å². The molecule has 0 saturated carbocycles. The van der Waals surface area contributed by atoms with E-state index in [2.05, 4.69) is 12.1 Å². The lowest BCUT2D eigenvalue weighted by molar-refractivity contribution is -0.142. The van der Waals surface area contributed by atoms with Crippen LogP contribution in [0.15, 0.2) is 66.7 Å². The predicted molar refractivity (Wildman–Crippen MR) is 139 cm³/mol. The SMILES string of the molecule is CCOC(=O)Cc1ccc(OCC)c(-c2ccc(C)cc2CN2C(=O)O[C@H](c3ccccc3)[C@@H]2C)c1. The number of aryl methyl sites for hydroxylation is 1. The van der Waals surface area contributed by atoms with Gasteiger partial charge in [-0.2, -0.15) is 0 Å². The fraction of sp³-hybridized carbons (Fsp3) is 0.333. The van der Waals surface area contributed by atoms with Crippen molar-refractivity contribution in [1.82, 2.24) is 4.90 Å². The molecule has 0 spiro atoms. The molecule has 1 saturated heterocycles. The molecule has 0 bridgehead atoms. The summed E-state index contributed by atoms with van der Waals surface area (Å²) in [5, 5.41) is 0. The summed E-state index contributed by atoms with van der Waals surface area (Å²) >= 11 is 0. The molecule has 36 heavy (non-hydrogen) atoms. The molecule has 0 aliphatic carbocycles. The second-order valence-electron chi connectivity index (χ2n) is 8.99. The maximum absolute atomic E-state index is 12.9. The molecule has 3 aromatic carbocycles. The predicted octanol–water partition coefficient (Wildman–Crippen LogP) is 6.25. The lowest BCUT2D eigenvalue weighted by Crippen LogP contribution is -2.31. The van der Waals surface area contributed by atoms with Crippen molar-refractivity contribution in [2.24, 2.45) is 0 Å². The van der Waals surface area contributed by atoms with Gasteiger partial charge in [0.15, 0.2) is 0 Å². The fourth-order valence-electron chi connectivity index (χ4n) is 4.66. The highest BCUT2D eigenvalue weighted by Gasteiger charge is 2.39. The Morgan fingerprint density at radius 3 is 2.47 bits per heavy atom. The standard InChI is InChI=1S/C30H33NO5/c1-5-34-27-15-13-22(18-28(32)35-6-2)17-26(27)25-14-12-20(3)16-24(25)19-31-21(4)29(36-30(31)33)23-10-8-7-9-11-23/h7-17,21,29H,5-6,18-19H2,1-4H3/t21-,29-/m0/s1. The number of esters is 1. The summed E-state index contributed by atoms with van der Waals surface area (Å²) in [7, 11) is 0. The van der Waals surface area contributed by atoms with Crippen LogP contribution in [0.2, 0.25) is 0 Å². The number of rotatable bonds is 9. The molecule has 1 aliphatic rings. The Kier molecular flexibility index (Phi) is 7.93. The van der Waals surface area contributed by atoms with Gasteiger partial charge in [-0.3, -0.25) is 9.69 Å². The molecule has 188 valence electrons. The van der Waals surface area contributed by atoms with Crippen LogP contribution in [0.5, 0.6) is 5.75 Å². The van der Waals surface area contributed by atoms with Crippen molar-refractivity contribution in [2.75, 3.05) is 13.2 Å². The zero-order valence-electron chi connectivity index (χ0n) is 21.3. The molecule has 1 fully saturated rings. The third-order valence-electron chi connectivity index (χ3n) is 6.41. The van der Waals surface area contributed by atoms with Crippen molar-refractivity contribution in [2.45, 2.75) is 52.8 Å². The van der Waals surface area contributed by atoms with Crippen molar-refractivity contribution in [3.05, 3.63) is 89.0 Å². The summed E-state index contributed by atoms with van der Waals surface area (Å²) < 4.78 is 16.9. The number of hydrogen-bond donors (Lipinski definition) is 0. The number of carbonyl (C=O) groups excluding carboxylic acids is 2. The molecule has 0 radical (unpaired) electrons. The van der Waals surface area contributed by atoms with E-state index in [1.165, 1.54) is 0 Å². The Hall–Kier alpha value is -3.80. The smallest absolute Gasteiger partial charge is 0.411 e. The van der Waals surface area contributed by atoms with Gasteiger partial charge in [0, 0.05) is 5.56 Å². The number of carbonyl (C=O) groups is 2. The summed E-state index contributed by atoms with van der Waals surface area (Å²) in [6.45, 7) is 9.05. The van der Waals surface area contributed by atoms with Crippen molar-refractivity contribution in [3.8, 4) is 16.9 Å². The molecule has 4 rings (SSSR count). The molecular weight excluding hydrogens is 454 g/mol. The second kappa shape index (κ2) is 11.3. The molecule has 6 nitrogen and oxygen atoms in total. The van der Waals surface area contributed by atoms with E-state index in [0.29, 0.717) is 19.8 Å². The maximum atomic E-state index is 12.9. The number of hydrogen-bond acceptors (Lipinski definition) is 5. The molecule has 0 aromatic heterocycles. The Balaban J connectivity index is 1.69. The van der Waals surface area contributed by atoms with Crippen molar-refractivity contribution in [3.63, 3.8) is 0 Å². The number of ether oxygens (including phenoxy) is 3. The van der Waals surface area contributed by atoms with Crippen LogP contribution in [0, 0.1) is 6.92 Å². The van der Waals surface area contributed by atoms with Crippen LogP contribution in [0.4, 0.5) is 4.79 Å². The Labute approximate surface area is 212 Å². The van der Waals surface area contributed by atoms with Crippen LogP contribution in [-0.2, 0) is 27.2 Å². The van der Waals surface area contributed by atoms with Crippen molar-refractivity contribution < 1.29 is 23.8 Å². The van der Waals surface area contributed by atoms with Crippen LogP contribution in [-0.4, -0.2) is 36.2 Å². The zero-order valence-corrected chi connectivity index (χ0v) is 21.3. The summed E-state index contributed by atoms with van der Waals surface area (Å²) in [6, 6.07) is 21.7. The normalized spacial score (nSPS) is 17.1. The molecule has 1 amide bonds. The van der Waals surface area contributed by atoms with Crippen LogP contribution in [0.1, 0.15) is 49.1 Å². The second-order valence-corrected chi connectivity index (χ2v) is 8.99. The third kappa shape index (κ3) is 5.54. The zero-order chi connectivity index (χ0) is 25.7. The first-order chi connectivity index (χ1) is 17.4. The van der Waals surface area contributed by atoms with Crippen molar-refractivity contribution >= 4 is 12.1 Å². The number of amides is 1. The van der Waals surface area contributed by atoms with Crippen LogP contribution < -0.4 is 4.74 Å². The van der Waals surface area contributed by atoms with E-state index in [-0.39, 0.29) is 30.6 Å². The van der Waals surface area contributed by atoms with Gasteiger partial charge in [0.05, 0.1) is 32.2 Å². The van der Waals surface area contributed by atoms with Gasteiger partial charge in [-0.15, -0.1) is 0 Å². The van der Waals surface area contributed by atoms with Gasteiger partial charge in [0.25, 0.3) is 0 Å². The highest BCUT2D eigenvalue weighted by atomic mass is 16.6. The Bertz CT molecular complexity index is 1220. The van der Waals surface area contributed by atoms with Gasteiger partial charge in [-0.25, -0.2) is 4.79 Å². The molecule has 2 atom stereocenters. The minimum atomic E-state index is -0.329. The lowest BCUT2D eigenvalue weighted by Gasteiger charge is -2.23. The fourth-order valence-corrected chi connectivity index (χ4v) is 4.66. The highest BCUT2D eigenvalue weighted by Crippen LogP contribution is 2.38. The first kappa shape index (κ1) is 25.3. The summed E-state index contributed by atoms with van der Waals surface area (Å²) in [5.74, 6) is 0.465. The number of nitrogens with zero attached hydrogens (tertiary/aromatic N) is 1. The quantitative estimate of drug-likeness (QED) is 0.334. The molecule has 1 aliphatic heterocycles. The van der Waals surface area contributed by atoms with Crippen LogP contribution in [0.25, 0.3) is 11.1 Å². The lowest BCUT2D eigenvalue weighted by atomic mass is 9.94. The summed E-state index contributed by atoms with van der Waals surface area (Å²) in [6.07, 6.45) is -0.466. The van der Waals surface area contributed by atoms with E-state index in [1.54, 1.807) is 11.8 Å². The Morgan fingerprint density at radius 2 is 1.75 bits per heavy atom. The minimum absolute atomic E-state index is 0.130.